The summed E-state index contributed by atoms with van der Waals surface area (Å²) < 4.78 is 13.1. The molecule has 0 bridgehead atoms. The number of carbonyl (C=O) groups is 2. The molecule has 1 aromatic rings. The number of urea groups is 1. The zero-order valence-electron chi connectivity index (χ0n) is 11.5. The topological polar surface area (TPSA) is 85.2 Å². The Labute approximate surface area is 121 Å². The number of nitriles is 1. The lowest BCUT2D eigenvalue weighted by Crippen LogP contribution is -2.57. The van der Waals surface area contributed by atoms with Gasteiger partial charge in [0.2, 0.25) is 5.91 Å². The molecule has 1 aromatic carbocycles. The number of benzene rings is 1. The Morgan fingerprint density at radius 1 is 1.62 bits per heavy atom. The number of amides is 3. The van der Waals surface area contributed by atoms with E-state index in [1.54, 1.807) is 0 Å². The van der Waals surface area contributed by atoms with Gasteiger partial charge in [-0.05, 0) is 24.6 Å². The van der Waals surface area contributed by atoms with E-state index in [0.717, 1.165) is 12.1 Å². The zero-order chi connectivity index (χ0) is 15.4. The molecule has 7 heteroatoms. The average Bonchev–Trinajstić information content (AvgIpc) is 2.48. The van der Waals surface area contributed by atoms with Crippen LogP contribution in [0, 0.1) is 17.1 Å². The number of hydrogen-bond acceptors (Lipinski definition) is 3. The van der Waals surface area contributed by atoms with E-state index in [1.807, 2.05) is 13.0 Å². The van der Waals surface area contributed by atoms with Crippen molar-refractivity contribution in [2.75, 3.05) is 18.4 Å². The molecule has 0 radical (unpaired) electrons. The molecule has 0 aromatic heterocycles. The Kier molecular flexibility index (Phi) is 4.38. The van der Waals surface area contributed by atoms with Gasteiger partial charge in [0.25, 0.3) is 0 Å². The van der Waals surface area contributed by atoms with Gasteiger partial charge in [-0.15, -0.1) is 0 Å². The van der Waals surface area contributed by atoms with Crippen molar-refractivity contribution in [1.29, 1.82) is 5.26 Å². The Balaban J connectivity index is 2.18. The van der Waals surface area contributed by atoms with E-state index in [9.17, 15) is 14.0 Å². The summed E-state index contributed by atoms with van der Waals surface area (Å²) in [5, 5.41) is 14.2. The molecule has 0 spiro atoms. The molecular weight excluding hydrogens is 275 g/mol. The minimum Gasteiger partial charge on any atom is -0.353 e. The minimum absolute atomic E-state index is 0.0397. The third kappa shape index (κ3) is 3.11. The van der Waals surface area contributed by atoms with E-state index >= 15 is 0 Å². The summed E-state index contributed by atoms with van der Waals surface area (Å²) in [6.45, 7) is 2.59. The van der Waals surface area contributed by atoms with Crippen LogP contribution in [-0.2, 0) is 4.79 Å². The normalized spacial score (nSPS) is 17.9. The third-order valence-corrected chi connectivity index (χ3v) is 3.32. The number of rotatable bonds is 2. The SMILES string of the molecule is CC[C@@H]1C(=O)NCCN1C(=O)Nc1ccc(F)cc1C#N. The smallest absolute Gasteiger partial charge is 0.322 e. The molecule has 21 heavy (non-hydrogen) atoms. The van der Waals surface area contributed by atoms with E-state index in [2.05, 4.69) is 10.6 Å². The third-order valence-electron chi connectivity index (χ3n) is 3.32. The van der Waals surface area contributed by atoms with Crippen LogP contribution >= 0.6 is 0 Å². The van der Waals surface area contributed by atoms with Crippen molar-refractivity contribution in [2.45, 2.75) is 19.4 Å². The first-order valence-electron chi connectivity index (χ1n) is 6.61. The molecule has 1 atom stereocenters. The summed E-state index contributed by atoms with van der Waals surface area (Å²) in [6, 6.07) is 4.36. The van der Waals surface area contributed by atoms with E-state index in [-0.39, 0.29) is 17.2 Å². The minimum atomic E-state index is -0.548. The zero-order valence-corrected chi connectivity index (χ0v) is 11.5. The van der Waals surface area contributed by atoms with Gasteiger partial charge in [-0.3, -0.25) is 4.79 Å². The van der Waals surface area contributed by atoms with Crippen molar-refractivity contribution in [3.63, 3.8) is 0 Å². The molecule has 6 nitrogen and oxygen atoms in total. The van der Waals surface area contributed by atoms with Crippen LogP contribution in [0.1, 0.15) is 18.9 Å². The van der Waals surface area contributed by atoms with Crippen LogP contribution in [0.4, 0.5) is 14.9 Å². The van der Waals surface area contributed by atoms with Gasteiger partial charge in [0.15, 0.2) is 0 Å². The first kappa shape index (κ1) is 14.8. The number of nitrogens with zero attached hydrogens (tertiary/aromatic N) is 2. The number of nitrogens with one attached hydrogen (secondary N) is 2. The van der Waals surface area contributed by atoms with Crippen LogP contribution in [0.3, 0.4) is 0 Å². The maximum Gasteiger partial charge on any atom is 0.322 e. The Morgan fingerprint density at radius 3 is 3.05 bits per heavy atom. The predicted octanol–water partition coefficient (Wildman–Crippen LogP) is 1.44. The van der Waals surface area contributed by atoms with Gasteiger partial charge >= 0.3 is 6.03 Å². The van der Waals surface area contributed by atoms with Gasteiger partial charge in [-0.25, -0.2) is 9.18 Å². The lowest BCUT2D eigenvalue weighted by atomic mass is 10.1. The fourth-order valence-electron chi connectivity index (χ4n) is 2.27. The monoisotopic (exact) mass is 290 g/mol. The van der Waals surface area contributed by atoms with Gasteiger partial charge < -0.3 is 15.5 Å². The van der Waals surface area contributed by atoms with Crippen LogP contribution in [0.15, 0.2) is 18.2 Å². The Hall–Kier alpha value is -2.62. The molecule has 1 heterocycles. The van der Waals surface area contributed by atoms with Crippen LogP contribution < -0.4 is 10.6 Å². The number of halogens is 1. The quantitative estimate of drug-likeness (QED) is 0.864. The molecule has 1 fully saturated rings. The van der Waals surface area contributed by atoms with Crippen molar-refractivity contribution in [2.24, 2.45) is 0 Å². The van der Waals surface area contributed by atoms with Gasteiger partial charge in [-0.1, -0.05) is 6.92 Å². The van der Waals surface area contributed by atoms with Crippen molar-refractivity contribution >= 4 is 17.6 Å². The van der Waals surface area contributed by atoms with Gasteiger partial charge in [-0.2, -0.15) is 5.26 Å². The highest BCUT2D eigenvalue weighted by Gasteiger charge is 2.31. The van der Waals surface area contributed by atoms with Crippen LogP contribution in [-0.4, -0.2) is 36.0 Å². The molecule has 2 N–H and O–H groups in total. The number of carbonyl (C=O) groups excluding carboxylic acids is 2. The van der Waals surface area contributed by atoms with E-state index in [4.69, 9.17) is 5.26 Å². The lowest BCUT2D eigenvalue weighted by Gasteiger charge is -2.34. The van der Waals surface area contributed by atoms with Gasteiger partial charge in [0, 0.05) is 13.1 Å². The number of anilines is 1. The lowest BCUT2D eigenvalue weighted by molar-refractivity contribution is -0.127. The summed E-state index contributed by atoms with van der Waals surface area (Å²) in [6.07, 6.45) is 0.494. The number of piperazine rings is 1. The maximum atomic E-state index is 13.1. The van der Waals surface area contributed by atoms with E-state index in [0.29, 0.717) is 19.5 Å². The maximum absolute atomic E-state index is 13.1. The highest BCUT2D eigenvalue weighted by molar-refractivity contribution is 5.95. The predicted molar refractivity (Wildman–Crippen MR) is 73.9 cm³/mol. The molecule has 3 amide bonds. The van der Waals surface area contributed by atoms with Crippen molar-refractivity contribution in [3.8, 4) is 6.07 Å². The summed E-state index contributed by atoms with van der Waals surface area (Å²) >= 11 is 0. The molecule has 2 rings (SSSR count). The fourth-order valence-corrected chi connectivity index (χ4v) is 2.27. The van der Waals surface area contributed by atoms with Crippen molar-refractivity contribution in [1.82, 2.24) is 10.2 Å². The second kappa shape index (κ2) is 6.22. The molecule has 0 aliphatic carbocycles. The number of hydrogen-bond donors (Lipinski definition) is 2. The van der Waals surface area contributed by atoms with Crippen molar-refractivity contribution < 1.29 is 14.0 Å². The largest absolute Gasteiger partial charge is 0.353 e. The standard InChI is InChI=1S/C14H15FN4O2/c1-2-12-13(20)17-5-6-19(12)14(21)18-11-4-3-10(15)7-9(11)8-16/h3-4,7,12H,2,5-6H2,1H3,(H,17,20)(H,18,21)/t12-/m1/s1. The molecule has 1 aliphatic heterocycles. The Morgan fingerprint density at radius 2 is 2.38 bits per heavy atom. The second-order valence-electron chi connectivity index (χ2n) is 4.64. The summed E-state index contributed by atoms with van der Waals surface area (Å²) in [4.78, 5) is 25.4. The highest BCUT2D eigenvalue weighted by atomic mass is 19.1. The first-order valence-corrected chi connectivity index (χ1v) is 6.61. The second-order valence-corrected chi connectivity index (χ2v) is 4.64. The summed E-state index contributed by atoms with van der Waals surface area (Å²) in [5.41, 5.74) is 0.266. The highest BCUT2D eigenvalue weighted by Crippen LogP contribution is 2.18. The fraction of sp³-hybridized carbons (Fsp3) is 0.357. The van der Waals surface area contributed by atoms with E-state index in [1.165, 1.54) is 11.0 Å². The average molecular weight is 290 g/mol. The summed E-state index contributed by atoms with van der Waals surface area (Å²) in [5.74, 6) is -0.744. The van der Waals surface area contributed by atoms with Crippen LogP contribution in [0.2, 0.25) is 0 Å². The van der Waals surface area contributed by atoms with E-state index < -0.39 is 17.9 Å². The molecular formula is C14H15FN4O2. The summed E-state index contributed by atoms with van der Waals surface area (Å²) in [7, 11) is 0. The van der Waals surface area contributed by atoms with Crippen LogP contribution in [0.25, 0.3) is 0 Å². The van der Waals surface area contributed by atoms with Gasteiger partial charge in [0.1, 0.15) is 17.9 Å². The van der Waals surface area contributed by atoms with Crippen molar-refractivity contribution in [3.05, 3.63) is 29.6 Å². The first-order chi connectivity index (χ1) is 10.1. The molecule has 0 unspecified atom stereocenters. The van der Waals surface area contributed by atoms with Gasteiger partial charge in [0.05, 0.1) is 11.3 Å². The molecule has 0 saturated carbocycles. The molecule has 1 aliphatic rings. The molecule has 1 saturated heterocycles. The molecule has 110 valence electrons. The van der Waals surface area contributed by atoms with Crippen LogP contribution in [0.5, 0.6) is 0 Å². The Bertz CT molecular complexity index is 611.